The molecule has 0 spiro atoms. The molecular formula is C12H9F3OS2. The summed E-state index contributed by atoms with van der Waals surface area (Å²) in [6.45, 7) is 0. The highest BCUT2D eigenvalue weighted by Gasteiger charge is 2.29. The Kier molecular flexibility index (Phi) is 3.99. The summed E-state index contributed by atoms with van der Waals surface area (Å²) >= 11 is 1.24. The molecule has 2 rings (SSSR count). The van der Waals surface area contributed by atoms with Gasteiger partial charge in [0.05, 0.1) is 0 Å². The number of aliphatic hydroxyl groups excluding tert-OH is 1. The molecule has 1 nitrogen and oxygen atoms in total. The van der Waals surface area contributed by atoms with Gasteiger partial charge in [-0.3, -0.25) is 0 Å². The maximum atomic E-state index is 12.1. The van der Waals surface area contributed by atoms with E-state index < -0.39 is 11.6 Å². The van der Waals surface area contributed by atoms with Gasteiger partial charge in [-0.2, -0.15) is 13.2 Å². The van der Waals surface area contributed by atoms with Gasteiger partial charge in [0.1, 0.15) is 6.10 Å². The first kappa shape index (κ1) is 13.5. The van der Waals surface area contributed by atoms with Gasteiger partial charge in [0.15, 0.2) is 0 Å². The quantitative estimate of drug-likeness (QED) is 0.843. The Morgan fingerprint density at radius 1 is 1.11 bits per heavy atom. The zero-order valence-corrected chi connectivity index (χ0v) is 10.6. The first-order valence-electron chi connectivity index (χ1n) is 5.03. The van der Waals surface area contributed by atoms with Gasteiger partial charge < -0.3 is 5.11 Å². The van der Waals surface area contributed by atoms with Gasteiger partial charge in [-0.25, -0.2) is 0 Å². The zero-order valence-electron chi connectivity index (χ0n) is 9.02. The maximum Gasteiger partial charge on any atom is 0.446 e. The minimum absolute atomic E-state index is 0.115. The smallest absolute Gasteiger partial charge is 0.383 e. The fourth-order valence-electron chi connectivity index (χ4n) is 1.46. The third-order valence-electron chi connectivity index (χ3n) is 2.24. The van der Waals surface area contributed by atoms with E-state index in [1.807, 2.05) is 11.4 Å². The lowest BCUT2D eigenvalue weighted by molar-refractivity contribution is -0.0328. The third-order valence-corrected chi connectivity index (χ3v) is 3.91. The van der Waals surface area contributed by atoms with Crippen molar-refractivity contribution in [2.45, 2.75) is 16.5 Å². The second kappa shape index (κ2) is 5.34. The number of thioether (sulfide) groups is 1. The van der Waals surface area contributed by atoms with Crippen molar-refractivity contribution >= 4 is 23.1 Å². The number of thiophene rings is 1. The van der Waals surface area contributed by atoms with Gasteiger partial charge in [0, 0.05) is 9.77 Å². The number of hydrogen-bond donors (Lipinski definition) is 1. The van der Waals surface area contributed by atoms with Gasteiger partial charge >= 0.3 is 5.51 Å². The summed E-state index contributed by atoms with van der Waals surface area (Å²) in [6.07, 6.45) is -0.782. The van der Waals surface area contributed by atoms with Gasteiger partial charge in [-0.15, -0.1) is 11.3 Å². The third kappa shape index (κ3) is 3.51. The molecule has 0 fully saturated rings. The monoisotopic (exact) mass is 290 g/mol. The molecule has 1 aromatic carbocycles. The molecule has 0 radical (unpaired) electrons. The SMILES string of the molecule is OC(c1ccc(SC(F)(F)F)cc1)c1cccs1. The van der Waals surface area contributed by atoms with Gasteiger partial charge in [0.2, 0.25) is 0 Å². The largest absolute Gasteiger partial charge is 0.446 e. The number of benzene rings is 1. The van der Waals surface area contributed by atoms with Crippen LogP contribution < -0.4 is 0 Å². The molecule has 0 saturated heterocycles. The van der Waals surface area contributed by atoms with Crippen LogP contribution in [0.3, 0.4) is 0 Å². The van der Waals surface area contributed by atoms with Crippen LogP contribution in [0.4, 0.5) is 13.2 Å². The lowest BCUT2D eigenvalue weighted by Crippen LogP contribution is -2.00. The molecule has 0 aliphatic carbocycles. The summed E-state index contributed by atoms with van der Waals surface area (Å²) in [6, 6.07) is 9.36. The highest BCUT2D eigenvalue weighted by molar-refractivity contribution is 8.00. The molecule has 6 heteroatoms. The Labute approximate surface area is 110 Å². The number of hydrogen-bond acceptors (Lipinski definition) is 3. The highest BCUT2D eigenvalue weighted by atomic mass is 32.2. The van der Waals surface area contributed by atoms with E-state index in [0.717, 1.165) is 4.88 Å². The van der Waals surface area contributed by atoms with Crippen LogP contribution in [0, 0.1) is 0 Å². The van der Waals surface area contributed by atoms with Crippen molar-refractivity contribution < 1.29 is 18.3 Å². The Morgan fingerprint density at radius 3 is 2.28 bits per heavy atom. The molecule has 0 amide bonds. The zero-order chi connectivity index (χ0) is 13.2. The molecule has 1 heterocycles. The maximum absolute atomic E-state index is 12.1. The summed E-state index contributed by atoms with van der Waals surface area (Å²) in [5, 5.41) is 11.8. The van der Waals surface area contributed by atoms with E-state index >= 15 is 0 Å². The van der Waals surface area contributed by atoms with Crippen LogP contribution >= 0.6 is 23.1 Å². The Hall–Kier alpha value is -0.980. The Morgan fingerprint density at radius 2 is 1.78 bits per heavy atom. The predicted octanol–water partition coefficient (Wildman–Crippen LogP) is 4.44. The minimum Gasteiger partial charge on any atom is -0.383 e. The van der Waals surface area contributed by atoms with Crippen LogP contribution in [-0.4, -0.2) is 10.6 Å². The molecule has 1 atom stereocenters. The molecule has 18 heavy (non-hydrogen) atoms. The van der Waals surface area contributed by atoms with Crippen LogP contribution in [0.1, 0.15) is 16.5 Å². The lowest BCUT2D eigenvalue weighted by atomic mass is 10.1. The van der Waals surface area contributed by atoms with E-state index in [-0.39, 0.29) is 16.7 Å². The molecule has 96 valence electrons. The average molecular weight is 290 g/mol. The lowest BCUT2D eigenvalue weighted by Gasteiger charge is -2.10. The molecule has 0 saturated carbocycles. The second-order valence-corrected chi connectivity index (χ2v) is 5.65. The van der Waals surface area contributed by atoms with Crippen molar-refractivity contribution in [1.82, 2.24) is 0 Å². The first-order valence-corrected chi connectivity index (χ1v) is 6.72. The molecule has 2 aromatic rings. The standard InChI is InChI=1S/C12H9F3OS2/c13-12(14,15)18-9-5-3-8(4-6-9)11(16)10-2-1-7-17-10/h1-7,11,16H. The second-order valence-electron chi connectivity index (χ2n) is 3.53. The Balaban J connectivity index is 2.13. The summed E-state index contributed by atoms with van der Waals surface area (Å²) in [5.74, 6) is 0. The molecule has 0 bridgehead atoms. The molecule has 0 aliphatic rings. The molecule has 1 aromatic heterocycles. The van der Waals surface area contributed by atoms with E-state index in [0.29, 0.717) is 5.56 Å². The first-order chi connectivity index (χ1) is 8.46. The van der Waals surface area contributed by atoms with Crippen molar-refractivity contribution in [3.63, 3.8) is 0 Å². The number of halogens is 3. The van der Waals surface area contributed by atoms with Crippen LogP contribution in [0.15, 0.2) is 46.7 Å². The van der Waals surface area contributed by atoms with Crippen molar-refractivity contribution in [1.29, 1.82) is 0 Å². The van der Waals surface area contributed by atoms with E-state index in [2.05, 4.69) is 0 Å². The minimum atomic E-state index is -4.28. The van der Waals surface area contributed by atoms with Gasteiger partial charge in [-0.1, -0.05) is 18.2 Å². The van der Waals surface area contributed by atoms with Crippen molar-refractivity contribution in [3.05, 3.63) is 52.2 Å². The van der Waals surface area contributed by atoms with E-state index in [4.69, 9.17) is 0 Å². The van der Waals surface area contributed by atoms with Crippen molar-refractivity contribution in [3.8, 4) is 0 Å². The highest BCUT2D eigenvalue weighted by Crippen LogP contribution is 2.37. The Bertz CT molecular complexity index is 491. The number of alkyl halides is 3. The summed E-state index contributed by atoms with van der Waals surface area (Å²) < 4.78 is 36.4. The normalized spacial score (nSPS) is 13.6. The predicted molar refractivity (Wildman–Crippen MR) is 66.7 cm³/mol. The van der Waals surface area contributed by atoms with Gasteiger partial charge in [0.25, 0.3) is 0 Å². The fraction of sp³-hybridized carbons (Fsp3) is 0.167. The summed E-state index contributed by atoms with van der Waals surface area (Å²) in [7, 11) is 0. The van der Waals surface area contributed by atoms with Crippen LogP contribution in [0.2, 0.25) is 0 Å². The average Bonchev–Trinajstić information content (AvgIpc) is 2.80. The molecular weight excluding hydrogens is 281 g/mol. The van der Waals surface area contributed by atoms with Crippen molar-refractivity contribution in [2.24, 2.45) is 0 Å². The van der Waals surface area contributed by atoms with E-state index in [1.165, 1.54) is 35.6 Å². The summed E-state index contributed by atoms with van der Waals surface area (Å²) in [5.41, 5.74) is -3.70. The van der Waals surface area contributed by atoms with Crippen LogP contribution in [0.5, 0.6) is 0 Å². The number of aliphatic hydroxyl groups is 1. The van der Waals surface area contributed by atoms with Crippen molar-refractivity contribution in [2.75, 3.05) is 0 Å². The van der Waals surface area contributed by atoms with E-state index in [9.17, 15) is 18.3 Å². The van der Waals surface area contributed by atoms with Gasteiger partial charge in [-0.05, 0) is 40.9 Å². The summed E-state index contributed by atoms with van der Waals surface area (Å²) in [4.78, 5) is 0.885. The molecule has 0 aliphatic heterocycles. The number of rotatable bonds is 3. The van der Waals surface area contributed by atoms with E-state index in [1.54, 1.807) is 6.07 Å². The van der Waals surface area contributed by atoms with Crippen LogP contribution in [-0.2, 0) is 0 Å². The topological polar surface area (TPSA) is 20.2 Å². The fourth-order valence-corrected chi connectivity index (χ4v) is 2.74. The van der Waals surface area contributed by atoms with Crippen LogP contribution in [0.25, 0.3) is 0 Å². The molecule has 1 unspecified atom stereocenters. The molecule has 1 N–H and O–H groups in total.